The first-order chi connectivity index (χ1) is 15.1. The van der Waals surface area contributed by atoms with E-state index in [2.05, 4.69) is 22.4 Å². The van der Waals surface area contributed by atoms with Crippen molar-refractivity contribution in [3.8, 4) is 0 Å². The Labute approximate surface area is 182 Å². The summed E-state index contributed by atoms with van der Waals surface area (Å²) in [7, 11) is 1.32. The van der Waals surface area contributed by atoms with Crippen LogP contribution in [-0.2, 0) is 28.3 Å². The number of esters is 1. The Kier molecular flexibility index (Phi) is 6.62. The molecule has 0 saturated carbocycles. The molecule has 0 N–H and O–H groups in total. The highest BCUT2D eigenvalue weighted by Crippen LogP contribution is 2.24. The van der Waals surface area contributed by atoms with E-state index in [1.807, 2.05) is 0 Å². The van der Waals surface area contributed by atoms with Gasteiger partial charge in [-0.1, -0.05) is 18.7 Å². The molecule has 0 aliphatic carbocycles. The van der Waals surface area contributed by atoms with Gasteiger partial charge in [-0.05, 0) is 47.9 Å². The molecule has 1 atom stereocenters. The number of aryl methyl sites for hydroxylation is 1. The molecule has 3 heterocycles. The maximum atomic E-state index is 13.3. The second kappa shape index (κ2) is 9.56. The smallest absolute Gasteiger partial charge is 0.337 e. The fourth-order valence-corrected chi connectivity index (χ4v) is 4.49. The van der Waals surface area contributed by atoms with Crippen LogP contribution in [0, 0.1) is 0 Å². The van der Waals surface area contributed by atoms with Crippen LogP contribution in [0.15, 0.2) is 28.2 Å². The third-order valence-electron chi connectivity index (χ3n) is 5.12. The number of methoxy groups -OCH3 is 1. The lowest BCUT2D eigenvalue weighted by Gasteiger charge is -2.16. The second-order valence-corrected chi connectivity index (χ2v) is 8.22. The zero-order valence-corrected chi connectivity index (χ0v) is 18.3. The van der Waals surface area contributed by atoms with Crippen molar-refractivity contribution in [1.29, 1.82) is 0 Å². The van der Waals surface area contributed by atoms with Gasteiger partial charge < -0.3 is 9.47 Å². The molecule has 10 nitrogen and oxygen atoms in total. The largest absolute Gasteiger partial charge is 0.465 e. The van der Waals surface area contributed by atoms with Crippen molar-refractivity contribution in [2.24, 2.45) is 0 Å². The summed E-state index contributed by atoms with van der Waals surface area (Å²) in [6, 6.07) is 4.79. The van der Waals surface area contributed by atoms with E-state index in [-0.39, 0.29) is 11.7 Å². The summed E-state index contributed by atoms with van der Waals surface area (Å²) in [5.74, 6) is 0.709. The van der Waals surface area contributed by atoms with Crippen LogP contribution in [0.1, 0.15) is 42.4 Å². The van der Waals surface area contributed by atoms with Crippen LogP contribution in [0.2, 0.25) is 0 Å². The van der Waals surface area contributed by atoms with Crippen molar-refractivity contribution in [1.82, 2.24) is 29.8 Å². The van der Waals surface area contributed by atoms with E-state index in [0.717, 1.165) is 25.8 Å². The number of tetrazole rings is 1. The van der Waals surface area contributed by atoms with Crippen LogP contribution >= 0.6 is 11.8 Å². The van der Waals surface area contributed by atoms with Gasteiger partial charge in [-0.2, -0.15) is 0 Å². The number of carbonyl (C=O) groups is 1. The Morgan fingerprint density at radius 2 is 2.26 bits per heavy atom. The molecule has 1 unspecified atom stereocenters. The van der Waals surface area contributed by atoms with Gasteiger partial charge in [0.05, 0.1) is 42.0 Å². The van der Waals surface area contributed by atoms with Crippen molar-refractivity contribution in [3.63, 3.8) is 0 Å². The molecule has 1 aromatic carbocycles. The van der Waals surface area contributed by atoms with Gasteiger partial charge in [-0.15, -0.1) is 5.10 Å². The Morgan fingerprint density at radius 3 is 3.00 bits per heavy atom. The summed E-state index contributed by atoms with van der Waals surface area (Å²) in [5.41, 5.74) is 0.640. The summed E-state index contributed by atoms with van der Waals surface area (Å²) in [6.07, 6.45) is 2.79. The lowest BCUT2D eigenvalue weighted by atomic mass is 10.1. The fourth-order valence-electron chi connectivity index (χ4n) is 3.55. The zero-order valence-electron chi connectivity index (χ0n) is 17.5. The van der Waals surface area contributed by atoms with E-state index in [1.54, 1.807) is 27.4 Å². The Morgan fingerprint density at radius 1 is 1.39 bits per heavy atom. The van der Waals surface area contributed by atoms with Crippen molar-refractivity contribution in [2.75, 3.05) is 13.7 Å². The Hall–Kier alpha value is -2.79. The zero-order chi connectivity index (χ0) is 21.8. The van der Waals surface area contributed by atoms with E-state index in [9.17, 15) is 9.59 Å². The molecule has 0 radical (unpaired) electrons. The van der Waals surface area contributed by atoms with Gasteiger partial charge in [0.25, 0.3) is 5.56 Å². The topological polar surface area (TPSA) is 114 Å². The van der Waals surface area contributed by atoms with Gasteiger partial charge in [0.2, 0.25) is 0 Å². The van der Waals surface area contributed by atoms with Crippen molar-refractivity contribution >= 4 is 28.6 Å². The highest BCUT2D eigenvalue weighted by Gasteiger charge is 2.21. The number of hydrogen-bond donors (Lipinski definition) is 0. The van der Waals surface area contributed by atoms with Crippen LogP contribution in [0.25, 0.3) is 10.9 Å². The summed E-state index contributed by atoms with van der Waals surface area (Å²) in [5, 5.41) is 12.9. The SMILES string of the molecule is CCCn1nnnc1CSc1nc2cc(C(=O)OC)ccc2c(=O)n1CC1CCCO1. The lowest BCUT2D eigenvalue weighted by Crippen LogP contribution is -2.29. The average molecular weight is 445 g/mol. The number of fused-ring (bicyclic) bond motifs is 1. The van der Waals surface area contributed by atoms with E-state index < -0.39 is 5.97 Å². The molecular weight excluding hydrogens is 420 g/mol. The molecule has 1 fully saturated rings. The average Bonchev–Trinajstić information content (AvgIpc) is 3.46. The first kappa shape index (κ1) is 21.4. The molecule has 1 aliphatic rings. The molecule has 0 amide bonds. The predicted molar refractivity (Wildman–Crippen MR) is 114 cm³/mol. The van der Waals surface area contributed by atoms with E-state index in [4.69, 9.17) is 14.5 Å². The van der Waals surface area contributed by atoms with Crippen LogP contribution in [0.3, 0.4) is 0 Å². The minimum atomic E-state index is -0.472. The molecule has 2 aromatic heterocycles. The number of hydrogen-bond acceptors (Lipinski definition) is 9. The molecule has 4 rings (SSSR count). The molecule has 0 bridgehead atoms. The first-order valence-corrected chi connectivity index (χ1v) is 11.2. The molecule has 1 aliphatic heterocycles. The maximum absolute atomic E-state index is 13.3. The van der Waals surface area contributed by atoms with Crippen LogP contribution in [0.4, 0.5) is 0 Å². The summed E-state index contributed by atoms with van der Waals surface area (Å²) >= 11 is 1.39. The quantitative estimate of drug-likeness (QED) is 0.292. The minimum absolute atomic E-state index is 0.0175. The van der Waals surface area contributed by atoms with Crippen molar-refractivity contribution < 1.29 is 14.3 Å². The Balaban J connectivity index is 1.72. The minimum Gasteiger partial charge on any atom is -0.465 e. The molecule has 0 spiro atoms. The fraction of sp³-hybridized carbons (Fsp3) is 0.500. The van der Waals surface area contributed by atoms with Crippen molar-refractivity contribution in [2.45, 2.75) is 56.3 Å². The third-order valence-corrected chi connectivity index (χ3v) is 6.10. The third kappa shape index (κ3) is 4.62. The van der Waals surface area contributed by atoms with E-state index >= 15 is 0 Å². The van der Waals surface area contributed by atoms with Gasteiger partial charge in [-0.25, -0.2) is 14.5 Å². The van der Waals surface area contributed by atoms with Gasteiger partial charge in [0, 0.05) is 13.2 Å². The van der Waals surface area contributed by atoms with Gasteiger partial charge in [0.15, 0.2) is 11.0 Å². The second-order valence-electron chi connectivity index (χ2n) is 7.28. The summed E-state index contributed by atoms with van der Waals surface area (Å²) in [4.78, 5) is 30.0. The van der Waals surface area contributed by atoms with E-state index in [0.29, 0.717) is 46.4 Å². The lowest BCUT2D eigenvalue weighted by molar-refractivity contribution is 0.0601. The highest BCUT2D eigenvalue weighted by atomic mass is 32.2. The van der Waals surface area contributed by atoms with Crippen LogP contribution in [-0.4, -0.2) is 55.5 Å². The van der Waals surface area contributed by atoms with Crippen LogP contribution in [0.5, 0.6) is 0 Å². The number of nitrogens with zero attached hydrogens (tertiary/aromatic N) is 6. The molecular formula is C20H24N6O4S. The van der Waals surface area contributed by atoms with Gasteiger partial charge >= 0.3 is 5.97 Å². The molecule has 31 heavy (non-hydrogen) atoms. The van der Waals surface area contributed by atoms with Crippen molar-refractivity contribution in [3.05, 3.63) is 39.9 Å². The predicted octanol–water partition coefficient (Wildman–Crippen LogP) is 2.05. The normalized spacial score (nSPS) is 16.1. The van der Waals surface area contributed by atoms with Gasteiger partial charge in [0.1, 0.15) is 0 Å². The standard InChI is InChI=1S/C20H24N6O4S/c1-3-8-26-17(22-23-24-26)12-31-20-21-16-10-13(19(28)29-2)6-7-15(16)18(27)25(20)11-14-5-4-9-30-14/h6-7,10,14H,3-5,8-9,11-12H2,1-2H3. The van der Waals surface area contributed by atoms with E-state index in [1.165, 1.54) is 18.9 Å². The number of thioether (sulfide) groups is 1. The van der Waals surface area contributed by atoms with Crippen LogP contribution < -0.4 is 5.56 Å². The molecule has 11 heteroatoms. The number of ether oxygens (including phenoxy) is 2. The first-order valence-electron chi connectivity index (χ1n) is 10.2. The van der Waals surface area contributed by atoms with Gasteiger partial charge in [-0.3, -0.25) is 9.36 Å². The maximum Gasteiger partial charge on any atom is 0.337 e. The number of benzene rings is 1. The Bertz CT molecular complexity index is 1140. The highest BCUT2D eigenvalue weighted by molar-refractivity contribution is 7.98. The molecule has 3 aromatic rings. The number of aromatic nitrogens is 6. The summed E-state index contributed by atoms with van der Waals surface area (Å²) in [6.45, 7) is 3.92. The number of carbonyl (C=O) groups excluding carboxylic acids is 1. The monoisotopic (exact) mass is 444 g/mol. The molecule has 164 valence electrons. The molecule has 1 saturated heterocycles. The number of rotatable bonds is 8. The summed E-state index contributed by atoms with van der Waals surface area (Å²) < 4.78 is 14.0.